The molecule has 1 amide bonds. The Balaban J connectivity index is 2.77. The minimum Gasteiger partial charge on any atom is -0.394 e. The molecule has 1 aliphatic heterocycles. The lowest BCUT2D eigenvalue weighted by atomic mass is 9.90. The van der Waals surface area contributed by atoms with Gasteiger partial charge in [-0.05, 0) is 25.7 Å². The van der Waals surface area contributed by atoms with Gasteiger partial charge in [0.15, 0.2) is 0 Å². The lowest BCUT2D eigenvalue weighted by Gasteiger charge is -2.40. The summed E-state index contributed by atoms with van der Waals surface area (Å²) in [5, 5.41) is 62.6. The molecule has 0 bridgehead atoms. The smallest absolute Gasteiger partial charge is 0.220 e. The Kier molecular flexibility index (Phi) is 11.4. The standard InChI is InChI=1S/C19H37NO8/c1-3-5-7-12(22)16(24)11(20-15(23)6-4-2)8-9-13-17(25)19(27)18(26)14(10-21)28-13/h11-14,16-19,21-22,24-27H,3-10H2,1-2H3,(H,20,23). The van der Waals surface area contributed by atoms with Crippen molar-refractivity contribution in [3.8, 4) is 0 Å². The van der Waals surface area contributed by atoms with Gasteiger partial charge in [-0.3, -0.25) is 4.79 Å². The van der Waals surface area contributed by atoms with E-state index in [0.717, 1.165) is 12.8 Å². The van der Waals surface area contributed by atoms with Crippen molar-refractivity contribution in [2.24, 2.45) is 0 Å². The van der Waals surface area contributed by atoms with E-state index in [0.29, 0.717) is 12.8 Å². The third-order valence-corrected chi connectivity index (χ3v) is 5.24. The molecule has 28 heavy (non-hydrogen) atoms. The normalized spacial score (nSPS) is 31.2. The summed E-state index contributed by atoms with van der Waals surface area (Å²) in [7, 11) is 0. The molecule has 7 N–H and O–H groups in total. The van der Waals surface area contributed by atoms with Crippen LogP contribution in [-0.2, 0) is 9.53 Å². The maximum atomic E-state index is 12.0. The molecule has 1 rings (SSSR count). The van der Waals surface area contributed by atoms with Gasteiger partial charge in [0.25, 0.3) is 0 Å². The zero-order chi connectivity index (χ0) is 21.3. The summed E-state index contributed by atoms with van der Waals surface area (Å²) in [6.45, 7) is 3.31. The maximum absolute atomic E-state index is 12.0. The Labute approximate surface area is 166 Å². The van der Waals surface area contributed by atoms with Crippen LogP contribution in [0.2, 0.25) is 0 Å². The predicted molar refractivity (Wildman–Crippen MR) is 101 cm³/mol. The first-order valence-corrected chi connectivity index (χ1v) is 10.2. The van der Waals surface area contributed by atoms with Crippen molar-refractivity contribution >= 4 is 5.91 Å². The molecule has 1 aliphatic rings. The van der Waals surface area contributed by atoms with Crippen molar-refractivity contribution in [3.63, 3.8) is 0 Å². The van der Waals surface area contributed by atoms with Crippen LogP contribution in [0.1, 0.15) is 58.8 Å². The van der Waals surface area contributed by atoms with Crippen molar-refractivity contribution < 1.29 is 40.2 Å². The number of hydrogen-bond acceptors (Lipinski definition) is 8. The van der Waals surface area contributed by atoms with E-state index in [1.54, 1.807) is 0 Å². The minimum absolute atomic E-state index is 0.149. The Hall–Kier alpha value is -0.810. The largest absolute Gasteiger partial charge is 0.394 e. The van der Waals surface area contributed by atoms with Gasteiger partial charge in [0, 0.05) is 6.42 Å². The van der Waals surface area contributed by atoms with E-state index < -0.39 is 55.4 Å². The number of hydrogen-bond donors (Lipinski definition) is 7. The predicted octanol–water partition coefficient (Wildman–Crippen LogP) is -1.19. The molecular formula is C19H37NO8. The van der Waals surface area contributed by atoms with Crippen LogP contribution in [0.3, 0.4) is 0 Å². The van der Waals surface area contributed by atoms with Crippen molar-refractivity contribution in [3.05, 3.63) is 0 Å². The third kappa shape index (κ3) is 7.22. The second kappa shape index (κ2) is 12.7. The molecule has 0 aromatic heterocycles. The van der Waals surface area contributed by atoms with E-state index in [2.05, 4.69) is 5.32 Å². The molecular weight excluding hydrogens is 370 g/mol. The van der Waals surface area contributed by atoms with Crippen LogP contribution in [0, 0.1) is 0 Å². The third-order valence-electron chi connectivity index (χ3n) is 5.24. The fourth-order valence-electron chi connectivity index (χ4n) is 3.45. The van der Waals surface area contributed by atoms with E-state index in [9.17, 15) is 35.4 Å². The molecule has 1 heterocycles. The highest BCUT2D eigenvalue weighted by molar-refractivity contribution is 5.76. The van der Waals surface area contributed by atoms with Crippen LogP contribution in [-0.4, -0.2) is 91.9 Å². The summed E-state index contributed by atoms with van der Waals surface area (Å²) in [6.07, 6.45) is -5.09. The number of ether oxygens (including phenoxy) is 1. The van der Waals surface area contributed by atoms with Crippen LogP contribution in [0.15, 0.2) is 0 Å². The molecule has 1 saturated heterocycles. The molecule has 8 atom stereocenters. The lowest BCUT2D eigenvalue weighted by molar-refractivity contribution is -0.231. The van der Waals surface area contributed by atoms with Gasteiger partial charge in [0.2, 0.25) is 5.91 Å². The highest BCUT2D eigenvalue weighted by Crippen LogP contribution is 2.25. The van der Waals surface area contributed by atoms with Crippen LogP contribution in [0.4, 0.5) is 0 Å². The van der Waals surface area contributed by atoms with Crippen molar-refractivity contribution in [1.29, 1.82) is 0 Å². The fraction of sp³-hybridized carbons (Fsp3) is 0.947. The molecule has 0 spiro atoms. The van der Waals surface area contributed by atoms with Gasteiger partial charge in [-0.15, -0.1) is 0 Å². The van der Waals surface area contributed by atoms with E-state index >= 15 is 0 Å². The van der Waals surface area contributed by atoms with Gasteiger partial charge in [0.1, 0.15) is 24.4 Å². The fourth-order valence-corrected chi connectivity index (χ4v) is 3.45. The Morgan fingerprint density at radius 3 is 2.21 bits per heavy atom. The summed E-state index contributed by atoms with van der Waals surface area (Å²) < 4.78 is 5.47. The molecule has 0 aliphatic carbocycles. The topological polar surface area (TPSA) is 160 Å². The average Bonchev–Trinajstić information content (AvgIpc) is 2.68. The van der Waals surface area contributed by atoms with E-state index in [1.807, 2.05) is 13.8 Å². The molecule has 9 heteroatoms. The number of rotatable bonds is 12. The highest BCUT2D eigenvalue weighted by Gasteiger charge is 2.43. The summed E-state index contributed by atoms with van der Waals surface area (Å²) in [6, 6.07) is -0.752. The van der Waals surface area contributed by atoms with Crippen LogP contribution >= 0.6 is 0 Å². The number of aliphatic hydroxyl groups excluding tert-OH is 6. The number of unbranched alkanes of at least 4 members (excludes halogenated alkanes) is 1. The first-order valence-electron chi connectivity index (χ1n) is 10.2. The lowest BCUT2D eigenvalue weighted by Crippen LogP contribution is -2.59. The molecule has 166 valence electrons. The molecule has 0 saturated carbocycles. The minimum atomic E-state index is -1.47. The first kappa shape index (κ1) is 25.2. The van der Waals surface area contributed by atoms with Gasteiger partial charge in [0.05, 0.1) is 31.0 Å². The van der Waals surface area contributed by atoms with E-state index in [1.165, 1.54) is 0 Å². The zero-order valence-electron chi connectivity index (χ0n) is 16.8. The summed E-state index contributed by atoms with van der Waals surface area (Å²) in [5.74, 6) is -0.247. The second-order valence-corrected chi connectivity index (χ2v) is 7.57. The highest BCUT2D eigenvalue weighted by atomic mass is 16.5. The van der Waals surface area contributed by atoms with Gasteiger partial charge >= 0.3 is 0 Å². The Morgan fingerprint density at radius 2 is 1.64 bits per heavy atom. The quantitative estimate of drug-likeness (QED) is 0.212. The van der Waals surface area contributed by atoms with Crippen molar-refractivity contribution in [2.75, 3.05) is 6.61 Å². The molecule has 0 aromatic rings. The summed E-state index contributed by atoms with van der Waals surface area (Å²) >= 11 is 0. The maximum Gasteiger partial charge on any atom is 0.220 e. The number of carbonyl (C=O) groups excluding carboxylic acids is 1. The second-order valence-electron chi connectivity index (χ2n) is 7.57. The number of nitrogens with one attached hydrogen (secondary N) is 1. The number of amides is 1. The molecule has 0 radical (unpaired) electrons. The monoisotopic (exact) mass is 407 g/mol. The van der Waals surface area contributed by atoms with Gasteiger partial charge < -0.3 is 40.7 Å². The number of carbonyl (C=O) groups is 1. The van der Waals surface area contributed by atoms with Crippen LogP contribution < -0.4 is 5.32 Å². The van der Waals surface area contributed by atoms with Gasteiger partial charge in [-0.2, -0.15) is 0 Å². The van der Waals surface area contributed by atoms with Crippen molar-refractivity contribution in [2.45, 2.75) is 108 Å². The Morgan fingerprint density at radius 1 is 1.00 bits per heavy atom. The zero-order valence-corrected chi connectivity index (χ0v) is 16.8. The van der Waals surface area contributed by atoms with Crippen LogP contribution in [0.25, 0.3) is 0 Å². The Bertz CT molecular complexity index is 450. The summed E-state index contributed by atoms with van der Waals surface area (Å²) in [4.78, 5) is 12.0. The van der Waals surface area contributed by atoms with Crippen LogP contribution in [0.5, 0.6) is 0 Å². The van der Waals surface area contributed by atoms with Gasteiger partial charge in [-0.1, -0.05) is 26.7 Å². The van der Waals surface area contributed by atoms with Crippen molar-refractivity contribution in [1.82, 2.24) is 5.32 Å². The van der Waals surface area contributed by atoms with E-state index in [4.69, 9.17) is 4.74 Å². The summed E-state index contributed by atoms with van der Waals surface area (Å²) in [5.41, 5.74) is 0. The van der Waals surface area contributed by atoms with Gasteiger partial charge in [-0.25, -0.2) is 0 Å². The molecule has 9 nitrogen and oxygen atoms in total. The van der Waals surface area contributed by atoms with E-state index in [-0.39, 0.29) is 25.2 Å². The molecule has 0 aromatic carbocycles. The molecule has 8 unspecified atom stereocenters. The molecule has 1 fully saturated rings. The number of aliphatic hydroxyl groups is 6. The average molecular weight is 408 g/mol. The SMILES string of the molecule is CCCCC(O)C(O)C(CCC1OC(CO)C(O)C(O)C1O)NC(=O)CCC. The first-order chi connectivity index (χ1) is 13.3.